The second kappa shape index (κ2) is 5.00. The van der Waals surface area contributed by atoms with E-state index < -0.39 is 0 Å². The molecule has 1 N–H and O–H groups in total. The van der Waals surface area contributed by atoms with Crippen molar-refractivity contribution in [3.63, 3.8) is 0 Å². The first-order chi connectivity index (χ1) is 8.08. The van der Waals surface area contributed by atoms with Crippen molar-refractivity contribution in [2.45, 2.75) is 32.6 Å². The van der Waals surface area contributed by atoms with E-state index in [9.17, 15) is 4.79 Å². The van der Waals surface area contributed by atoms with Crippen molar-refractivity contribution in [3.05, 3.63) is 22.7 Å². The van der Waals surface area contributed by atoms with E-state index in [1.807, 2.05) is 13.8 Å². The summed E-state index contributed by atoms with van der Waals surface area (Å²) in [6, 6.07) is 0. The summed E-state index contributed by atoms with van der Waals surface area (Å²) < 4.78 is 0. The van der Waals surface area contributed by atoms with Gasteiger partial charge in [-0.25, -0.2) is 9.97 Å². The maximum absolute atomic E-state index is 11.9. The smallest absolute Gasteiger partial charge is 0.271 e. The zero-order valence-electron chi connectivity index (χ0n) is 10.0. The first kappa shape index (κ1) is 12.3. The molecule has 1 saturated carbocycles. The predicted octanol–water partition coefficient (Wildman–Crippen LogP) is 2.39. The predicted molar refractivity (Wildman–Crippen MR) is 66.2 cm³/mol. The van der Waals surface area contributed by atoms with Crippen LogP contribution in [0, 0.1) is 5.92 Å². The molecule has 0 radical (unpaired) electrons. The number of amides is 1. The molecule has 1 aromatic rings. The lowest BCUT2D eigenvalue weighted by atomic mass is 10.2. The van der Waals surface area contributed by atoms with Crippen molar-refractivity contribution in [1.29, 1.82) is 0 Å². The van der Waals surface area contributed by atoms with Gasteiger partial charge in [0.05, 0.1) is 11.2 Å². The van der Waals surface area contributed by atoms with Gasteiger partial charge in [0, 0.05) is 12.5 Å². The highest BCUT2D eigenvalue weighted by Crippen LogP contribution is 2.27. The van der Waals surface area contributed by atoms with Gasteiger partial charge in [-0.1, -0.05) is 25.4 Å². The molecule has 0 bridgehead atoms. The number of carbonyl (C=O) groups is 1. The number of halogens is 1. The van der Waals surface area contributed by atoms with E-state index in [0.717, 1.165) is 6.54 Å². The summed E-state index contributed by atoms with van der Waals surface area (Å²) in [7, 11) is 0. The van der Waals surface area contributed by atoms with Crippen LogP contribution in [0.15, 0.2) is 6.20 Å². The Balaban J connectivity index is 2.11. The van der Waals surface area contributed by atoms with Crippen LogP contribution in [0.4, 0.5) is 0 Å². The summed E-state index contributed by atoms with van der Waals surface area (Å²) in [5.74, 6) is 1.27. The van der Waals surface area contributed by atoms with Crippen molar-refractivity contribution in [1.82, 2.24) is 15.3 Å². The Kier molecular flexibility index (Phi) is 3.62. The maximum atomic E-state index is 11.9. The fourth-order valence-electron chi connectivity index (χ4n) is 1.46. The molecule has 0 unspecified atom stereocenters. The van der Waals surface area contributed by atoms with Crippen LogP contribution in [-0.4, -0.2) is 22.4 Å². The van der Waals surface area contributed by atoms with E-state index in [1.54, 1.807) is 0 Å². The number of nitrogens with zero attached hydrogens (tertiary/aromatic N) is 2. The average molecular weight is 254 g/mol. The molecule has 1 fully saturated rings. The van der Waals surface area contributed by atoms with Gasteiger partial charge in [-0.3, -0.25) is 4.79 Å². The summed E-state index contributed by atoms with van der Waals surface area (Å²) in [5, 5.41) is 3.16. The Hall–Kier alpha value is -1.16. The van der Waals surface area contributed by atoms with E-state index >= 15 is 0 Å². The van der Waals surface area contributed by atoms with Crippen LogP contribution >= 0.6 is 11.6 Å². The molecule has 0 atom stereocenters. The van der Waals surface area contributed by atoms with Crippen LogP contribution in [0.2, 0.25) is 5.02 Å². The van der Waals surface area contributed by atoms with Crippen LogP contribution in [0.5, 0.6) is 0 Å². The molecule has 1 aliphatic rings. The van der Waals surface area contributed by atoms with Gasteiger partial charge in [0.2, 0.25) is 0 Å². The van der Waals surface area contributed by atoms with Crippen molar-refractivity contribution in [3.8, 4) is 0 Å². The molecule has 0 saturated heterocycles. The lowest BCUT2D eigenvalue weighted by Gasteiger charge is -2.08. The summed E-state index contributed by atoms with van der Waals surface area (Å²) >= 11 is 5.94. The van der Waals surface area contributed by atoms with Crippen molar-refractivity contribution in [2.75, 3.05) is 6.54 Å². The highest BCUT2D eigenvalue weighted by Gasteiger charge is 2.23. The molecule has 17 heavy (non-hydrogen) atoms. The molecular formula is C12H16ClN3O. The number of nitrogens with one attached hydrogen (secondary N) is 1. The van der Waals surface area contributed by atoms with Crippen molar-refractivity contribution >= 4 is 17.5 Å². The van der Waals surface area contributed by atoms with Crippen molar-refractivity contribution in [2.24, 2.45) is 5.92 Å². The standard InChI is InChI=1S/C12H16ClN3O/c1-7(2)11-14-6-9(13)10(16-11)12(17)15-5-8-3-4-8/h6-8H,3-5H2,1-2H3,(H,15,17). The van der Waals surface area contributed by atoms with Gasteiger partial charge in [-0.05, 0) is 18.8 Å². The topological polar surface area (TPSA) is 54.9 Å². The third-order valence-electron chi connectivity index (χ3n) is 2.74. The molecule has 92 valence electrons. The highest BCUT2D eigenvalue weighted by atomic mass is 35.5. The normalized spacial score (nSPS) is 15.1. The Bertz CT molecular complexity index is 430. The van der Waals surface area contributed by atoms with Crippen LogP contribution in [0.1, 0.15) is 48.9 Å². The SMILES string of the molecule is CC(C)c1ncc(Cl)c(C(=O)NCC2CC2)n1. The van der Waals surface area contributed by atoms with Gasteiger partial charge in [-0.2, -0.15) is 0 Å². The molecule has 1 heterocycles. The minimum atomic E-state index is -0.203. The molecule has 1 amide bonds. The Morgan fingerprint density at radius 2 is 2.29 bits per heavy atom. The van der Waals surface area contributed by atoms with Crippen molar-refractivity contribution < 1.29 is 4.79 Å². The largest absolute Gasteiger partial charge is 0.350 e. The van der Waals surface area contributed by atoms with E-state index in [2.05, 4.69) is 15.3 Å². The fraction of sp³-hybridized carbons (Fsp3) is 0.583. The summed E-state index contributed by atoms with van der Waals surface area (Å²) in [5.41, 5.74) is 0.283. The number of hydrogen-bond donors (Lipinski definition) is 1. The molecule has 2 rings (SSSR count). The number of carbonyl (C=O) groups excluding carboxylic acids is 1. The lowest BCUT2D eigenvalue weighted by molar-refractivity contribution is 0.0946. The molecule has 1 aliphatic carbocycles. The Labute approximate surface area is 106 Å². The number of aromatic nitrogens is 2. The summed E-state index contributed by atoms with van der Waals surface area (Å²) in [4.78, 5) is 20.2. The monoisotopic (exact) mass is 253 g/mol. The first-order valence-corrected chi connectivity index (χ1v) is 6.26. The van der Waals surface area contributed by atoms with Gasteiger partial charge in [0.1, 0.15) is 11.5 Å². The third-order valence-corrected chi connectivity index (χ3v) is 3.02. The average Bonchev–Trinajstić information content (AvgIpc) is 3.10. The zero-order chi connectivity index (χ0) is 12.4. The van der Waals surface area contributed by atoms with E-state index in [-0.39, 0.29) is 17.5 Å². The number of rotatable bonds is 4. The zero-order valence-corrected chi connectivity index (χ0v) is 10.8. The van der Waals surface area contributed by atoms with E-state index in [4.69, 9.17) is 11.6 Å². The highest BCUT2D eigenvalue weighted by molar-refractivity contribution is 6.33. The van der Waals surface area contributed by atoms with Gasteiger partial charge < -0.3 is 5.32 Å². The molecule has 5 heteroatoms. The van der Waals surface area contributed by atoms with Crippen LogP contribution < -0.4 is 5.32 Å². The summed E-state index contributed by atoms with van der Waals surface area (Å²) in [6.45, 7) is 4.68. The first-order valence-electron chi connectivity index (χ1n) is 5.88. The maximum Gasteiger partial charge on any atom is 0.271 e. The Morgan fingerprint density at radius 1 is 1.59 bits per heavy atom. The van der Waals surface area contributed by atoms with Gasteiger partial charge in [0.15, 0.2) is 0 Å². The van der Waals surface area contributed by atoms with Crippen LogP contribution in [0.3, 0.4) is 0 Å². The van der Waals surface area contributed by atoms with E-state index in [0.29, 0.717) is 16.8 Å². The third kappa shape index (κ3) is 3.16. The fourth-order valence-corrected chi connectivity index (χ4v) is 1.64. The minimum absolute atomic E-state index is 0.183. The molecule has 0 aromatic carbocycles. The molecule has 1 aromatic heterocycles. The second-order valence-corrected chi connectivity index (χ2v) is 5.14. The molecular weight excluding hydrogens is 238 g/mol. The Morgan fingerprint density at radius 3 is 2.88 bits per heavy atom. The van der Waals surface area contributed by atoms with Gasteiger partial charge >= 0.3 is 0 Å². The van der Waals surface area contributed by atoms with Crippen LogP contribution in [0.25, 0.3) is 0 Å². The quantitative estimate of drug-likeness (QED) is 0.897. The van der Waals surface area contributed by atoms with Gasteiger partial charge in [0.25, 0.3) is 5.91 Å². The van der Waals surface area contributed by atoms with Crippen LogP contribution in [-0.2, 0) is 0 Å². The summed E-state index contributed by atoms with van der Waals surface area (Å²) in [6.07, 6.45) is 3.90. The minimum Gasteiger partial charge on any atom is -0.350 e. The second-order valence-electron chi connectivity index (χ2n) is 4.73. The molecule has 4 nitrogen and oxygen atoms in total. The number of hydrogen-bond acceptors (Lipinski definition) is 3. The van der Waals surface area contributed by atoms with E-state index in [1.165, 1.54) is 19.0 Å². The van der Waals surface area contributed by atoms with Gasteiger partial charge in [-0.15, -0.1) is 0 Å². The molecule has 0 spiro atoms. The lowest BCUT2D eigenvalue weighted by Crippen LogP contribution is -2.27. The molecule has 0 aliphatic heterocycles.